The Labute approximate surface area is 200 Å². The maximum atomic E-state index is 14.8. The number of halogens is 2. The number of hydrogen-bond acceptors (Lipinski definition) is 4. The third-order valence-electron chi connectivity index (χ3n) is 5.66. The Morgan fingerprint density at radius 1 is 1.18 bits per heavy atom. The molecule has 0 saturated carbocycles. The molecule has 176 valence electrons. The quantitative estimate of drug-likeness (QED) is 0.581. The van der Waals surface area contributed by atoms with E-state index < -0.39 is 23.8 Å². The molecule has 3 heterocycles. The Kier molecular flexibility index (Phi) is 6.65. The van der Waals surface area contributed by atoms with Gasteiger partial charge >= 0.3 is 6.03 Å². The molecule has 2 aromatic heterocycles. The van der Waals surface area contributed by atoms with Crippen molar-refractivity contribution in [1.82, 2.24) is 14.5 Å². The first-order chi connectivity index (χ1) is 16.2. The van der Waals surface area contributed by atoms with Gasteiger partial charge in [0.2, 0.25) is 5.91 Å². The number of benzene rings is 1. The molecule has 2 atom stereocenters. The molecule has 1 aliphatic heterocycles. The molecule has 0 spiro atoms. The van der Waals surface area contributed by atoms with Crippen LogP contribution in [-0.4, -0.2) is 39.0 Å². The van der Waals surface area contributed by atoms with Crippen LogP contribution in [0, 0.1) is 18.7 Å². The van der Waals surface area contributed by atoms with Gasteiger partial charge in [0, 0.05) is 30.6 Å². The molecule has 8 nitrogen and oxygen atoms in total. The number of pyridine rings is 2. The fraction of sp³-hybridized carbons (Fsp3) is 0.250. The molecule has 34 heavy (non-hydrogen) atoms. The third kappa shape index (κ3) is 4.94. The summed E-state index contributed by atoms with van der Waals surface area (Å²) in [5.41, 5.74) is 0.585. The number of carbonyl (C=O) groups excluding carboxylic acids is 2. The molecular weight excluding hydrogens is 461 g/mol. The highest BCUT2D eigenvalue weighted by Gasteiger charge is 2.38. The molecule has 1 aromatic carbocycles. The van der Waals surface area contributed by atoms with Gasteiger partial charge in [0.25, 0.3) is 5.56 Å². The van der Waals surface area contributed by atoms with Crippen LogP contribution < -0.4 is 16.2 Å². The summed E-state index contributed by atoms with van der Waals surface area (Å²) in [4.78, 5) is 43.5. The molecule has 1 fully saturated rings. The van der Waals surface area contributed by atoms with Crippen molar-refractivity contribution < 1.29 is 14.0 Å². The molecule has 0 unspecified atom stereocenters. The summed E-state index contributed by atoms with van der Waals surface area (Å²) >= 11 is 5.82. The molecule has 10 heteroatoms. The fourth-order valence-electron chi connectivity index (χ4n) is 3.93. The Morgan fingerprint density at radius 3 is 2.68 bits per heavy atom. The van der Waals surface area contributed by atoms with Crippen molar-refractivity contribution in [3.05, 3.63) is 81.6 Å². The number of hydrogen-bond donors (Lipinski definition) is 2. The first kappa shape index (κ1) is 23.4. The van der Waals surface area contributed by atoms with Gasteiger partial charge in [-0.15, -0.1) is 0 Å². The zero-order chi connectivity index (χ0) is 24.4. The van der Waals surface area contributed by atoms with Crippen LogP contribution in [0.4, 0.5) is 20.7 Å². The summed E-state index contributed by atoms with van der Waals surface area (Å²) in [5, 5.41) is 5.67. The van der Waals surface area contributed by atoms with E-state index in [-0.39, 0.29) is 17.2 Å². The molecular formula is C24H23ClFN5O3. The topological polar surface area (TPSA) is 96.3 Å². The van der Waals surface area contributed by atoms with Crippen molar-refractivity contribution in [2.75, 3.05) is 17.2 Å². The lowest BCUT2D eigenvalue weighted by atomic mass is 10.1. The molecule has 1 aliphatic rings. The number of likely N-dealkylation sites (tertiary alicyclic amines) is 1. The van der Waals surface area contributed by atoms with Crippen LogP contribution in [0.3, 0.4) is 0 Å². The molecule has 2 N–H and O–H groups in total. The second kappa shape index (κ2) is 9.64. The van der Waals surface area contributed by atoms with Crippen LogP contribution in [0.2, 0.25) is 5.02 Å². The van der Waals surface area contributed by atoms with Crippen molar-refractivity contribution >= 4 is 35.0 Å². The highest BCUT2D eigenvalue weighted by Crippen LogP contribution is 2.26. The second-order valence-corrected chi connectivity index (χ2v) is 8.76. The molecule has 3 aromatic rings. The SMILES string of the molecule is Cc1cccn(-c2ccc(NC(=O)[C@H]3C[C@@H](C)CN3C(=O)Nc3ccc(Cl)cn3)c(F)c2)c1=O. The number of urea groups is 1. The maximum absolute atomic E-state index is 14.8. The zero-order valence-electron chi connectivity index (χ0n) is 18.6. The monoisotopic (exact) mass is 483 g/mol. The summed E-state index contributed by atoms with van der Waals surface area (Å²) < 4.78 is 16.2. The second-order valence-electron chi connectivity index (χ2n) is 8.32. The largest absolute Gasteiger partial charge is 0.323 e. The van der Waals surface area contributed by atoms with E-state index in [1.807, 2.05) is 6.92 Å². The number of nitrogens with zero attached hydrogens (tertiary/aromatic N) is 3. The van der Waals surface area contributed by atoms with Crippen LogP contribution in [0.15, 0.2) is 59.7 Å². The number of anilines is 2. The normalized spacial score (nSPS) is 17.5. The summed E-state index contributed by atoms with van der Waals surface area (Å²) in [6.07, 6.45) is 3.39. The van der Waals surface area contributed by atoms with Crippen molar-refractivity contribution in [1.29, 1.82) is 0 Å². The minimum absolute atomic E-state index is 0.0336. The van der Waals surface area contributed by atoms with E-state index in [1.165, 1.54) is 27.8 Å². The van der Waals surface area contributed by atoms with Gasteiger partial charge in [0.05, 0.1) is 16.4 Å². The highest BCUT2D eigenvalue weighted by molar-refractivity contribution is 6.30. The average Bonchev–Trinajstić information content (AvgIpc) is 3.20. The third-order valence-corrected chi connectivity index (χ3v) is 5.89. The van der Waals surface area contributed by atoms with Crippen molar-refractivity contribution in [2.45, 2.75) is 26.3 Å². The van der Waals surface area contributed by atoms with E-state index in [2.05, 4.69) is 15.6 Å². The van der Waals surface area contributed by atoms with Gasteiger partial charge in [-0.3, -0.25) is 19.5 Å². The molecule has 4 rings (SSSR count). The van der Waals surface area contributed by atoms with E-state index in [4.69, 9.17) is 11.6 Å². The van der Waals surface area contributed by atoms with Crippen molar-refractivity contribution in [2.24, 2.45) is 5.92 Å². The molecule has 0 radical (unpaired) electrons. The number of aryl methyl sites for hydroxylation is 1. The summed E-state index contributed by atoms with van der Waals surface area (Å²) in [7, 11) is 0. The molecule has 0 aliphatic carbocycles. The van der Waals surface area contributed by atoms with E-state index in [0.717, 1.165) is 0 Å². The van der Waals surface area contributed by atoms with Gasteiger partial charge in [0.15, 0.2) is 0 Å². The zero-order valence-corrected chi connectivity index (χ0v) is 19.3. The Hall–Kier alpha value is -3.72. The van der Waals surface area contributed by atoms with Gasteiger partial charge in [-0.2, -0.15) is 0 Å². The van der Waals surface area contributed by atoms with Crippen LogP contribution in [-0.2, 0) is 4.79 Å². The molecule has 1 saturated heterocycles. The van der Waals surface area contributed by atoms with Crippen LogP contribution in [0.1, 0.15) is 18.9 Å². The minimum Gasteiger partial charge on any atom is -0.322 e. The number of rotatable bonds is 4. The number of amides is 3. The lowest BCUT2D eigenvalue weighted by molar-refractivity contribution is -0.119. The minimum atomic E-state index is -0.777. The summed E-state index contributed by atoms with van der Waals surface area (Å²) in [6.45, 7) is 3.98. The Bertz CT molecular complexity index is 1290. The van der Waals surface area contributed by atoms with E-state index in [0.29, 0.717) is 35.1 Å². The van der Waals surface area contributed by atoms with Gasteiger partial charge in [-0.1, -0.05) is 24.6 Å². The van der Waals surface area contributed by atoms with Crippen LogP contribution >= 0.6 is 11.6 Å². The predicted octanol–water partition coefficient (Wildman–Crippen LogP) is 4.21. The highest BCUT2D eigenvalue weighted by atomic mass is 35.5. The number of nitrogens with one attached hydrogen (secondary N) is 2. The molecule has 3 amide bonds. The number of carbonyl (C=O) groups is 2. The summed E-state index contributed by atoms with van der Waals surface area (Å²) in [6, 6.07) is 9.41. The Balaban J connectivity index is 1.49. The smallest absolute Gasteiger partial charge is 0.322 e. The lowest BCUT2D eigenvalue weighted by Gasteiger charge is -2.24. The lowest BCUT2D eigenvalue weighted by Crippen LogP contribution is -2.45. The van der Waals surface area contributed by atoms with Gasteiger partial charge in [0.1, 0.15) is 17.7 Å². The first-order valence-corrected chi connectivity index (χ1v) is 11.1. The maximum Gasteiger partial charge on any atom is 0.323 e. The van der Waals surface area contributed by atoms with E-state index in [9.17, 15) is 18.8 Å². The van der Waals surface area contributed by atoms with Crippen LogP contribution in [0.25, 0.3) is 5.69 Å². The Morgan fingerprint density at radius 2 is 1.97 bits per heavy atom. The van der Waals surface area contributed by atoms with E-state index >= 15 is 0 Å². The van der Waals surface area contributed by atoms with Gasteiger partial charge in [-0.25, -0.2) is 14.2 Å². The number of aromatic nitrogens is 2. The van der Waals surface area contributed by atoms with Gasteiger partial charge < -0.3 is 10.2 Å². The average molecular weight is 484 g/mol. The van der Waals surface area contributed by atoms with Gasteiger partial charge in [-0.05, 0) is 49.6 Å². The van der Waals surface area contributed by atoms with Crippen molar-refractivity contribution in [3.8, 4) is 5.69 Å². The standard InChI is InChI=1S/C24H23ClFN5O3/c1-14-10-20(31(13-14)24(34)29-21-8-5-16(25)12-27-21)22(32)28-19-7-6-17(11-18(19)26)30-9-3-4-15(2)23(30)33/h3-9,11-12,14,20H,10,13H2,1-2H3,(H,28,32)(H,27,29,34)/t14-,20-/m1/s1. The van der Waals surface area contributed by atoms with E-state index in [1.54, 1.807) is 43.5 Å². The van der Waals surface area contributed by atoms with Crippen LogP contribution in [0.5, 0.6) is 0 Å². The first-order valence-electron chi connectivity index (χ1n) is 10.7. The van der Waals surface area contributed by atoms with Crippen molar-refractivity contribution in [3.63, 3.8) is 0 Å². The molecule has 0 bridgehead atoms. The predicted molar refractivity (Wildman–Crippen MR) is 128 cm³/mol. The summed E-state index contributed by atoms with van der Waals surface area (Å²) in [5.74, 6) is -0.796. The fourth-order valence-corrected chi connectivity index (χ4v) is 4.04.